The molecular weight excluding hydrogens is 504 g/mol. The molecule has 1 N–H and O–H groups in total. The van der Waals surface area contributed by atoms with Crippen molar-refractivity contribution in [2.24, 2.45) is 11.8 Å². The van der Waals surface area contributed by atoms with Gasteiger partial charge in [0, 0.05) is 36.0 Å². The molecular formula is C26H31ClN2O4S2. The number of rotatable bonds is 10. The molecule has 3 atom stereocenters. The van der Waals surface area contributed by atoms with Gasteiger partial charge in [-0.3, -0.25) is 9.78 Å². The van der Waals surface area contributed by atoms with Crippen LogP contribution in [0.4, 0.5) is 0 Å². The molecule has 188 valence electrons. The number of nitrogens with zero attached hydrogens (tertiary/aromatic N) is 2. The molecule has 3 aromatic rings. The van der Waals surface area contributed by atoms with Crippen molar-refractivity contribution in [1.29, 1.82) is 0 Å². The maximum absolute atomic E-state index is 12.6. The normalized spacial score (nSPS) is 19.5. The molecule has 9 heteroatoms. The lowest BCUT2D eigenvalue weighted by molar-refractivity contribution is -0.150. The molecule has 3 heterocycles. The lowest BCUT2D eigenvalue weighted by Crippen LogP contribution is -2.45. The first-order valence-corrected chi connectivity index (χ1v) is 14.0. The molecule has 35 heavy (non-hydrogen) atoms. The van der Waals surface area contributed by atoms with Crippen LogP contribution >= 0.6 is 34.7 Å². The number of methoxy groups -OCH3 is 2. The summed E-state index contributed by atoms with van der Waals surface area (Å²) in [6.45, 7) is 2.57. The van der Waals surface area contributed by atoms with Gasteiger partial charge in [-0.1, -0.05) is 17.7 Å². The van der Waals surface area contributed by atoms with Crippen molar-refractivity contribution in [1.82, 2.24) is 9.88 Å². The quantitative estimate of drug-likeness (QED) is 0.265. The SMILES string of the molecule is COC(=O)[C@H]1CN(CCSc2cccs2)CC[C@H]1CC[C@H](O)c1c(Cl)cnc2ccc(OC)cc12. The van der Waals surface area contributed by atoms with E-state index in [-0.39, 0.29) is 17.8 Å². The van der Waals surface area contributed by atoms with Gasteiger partial charge >= 0.3 is 5.97 Å². The van der Waals surface area contributed by atoms with Crippen LogP contribution < -0.4 is 4.74 Å². The number of aliphatic hydroxyl groups excluding tert-OH is 1. The maximum atomic E-state index is 12.6. The minimum absolute atomic E-state index is 0.153. The molecule has 1 fully saturated rings. The van der Waals surface area contributed by atoms with E-state index < -0.39 is 6.10 Å². The van der Waals surface area contributed by atoms with Crippen molar-refractivity contribution in [3.8, 4) is 5.75 Å². The summed E-state index contributed by atoms with van der Waals surface area (Å²) < 4.78 is 11.8. The Labute approximate surface area is 219 Å². The molecule has 0 radical (unpaired) electrons. The number of fused-ring (bicyclic) bond motifs is 1. The number of ether oxygens (including phenoxy) is 2. The summed E-state index contributed by atoms with van der Waals surface area (Å²) in [5.41, 5.74) is 1.42. The zero-order valence-corrected chi connectivity index (χ0v) is 22.4. The van der Waals surface area contributed by atoms with Gasteiger partial charge in [0.25, 0.3) is 0 Å². The van der Waals surface area contributed by atoms with Crippen LogP contribution in [0.2, 0.25) is 5.02 Å². The second-order valence-corrected chi connectivity index (χ2v) is 11.5. The van der Waals surface area contributed by atoms with Crippen LogP contribution in [-0.4, -0.2) is 60.6 Å². The summed E-state index contributed by atoms with van der Waals surface area (Å²) in [6.07, 6.45) is 2.93. The van der Waals surface area contributed by atoms with E-state index in [0.717, 1.165) is 36.2 Å². The highest BCUT2D eigenvalue weighted by Gasteiger charge is 2.35. The number of thiophene rings is 1. The van der Waals surface area contributed by atoms with E-state index in [1.54, 1.807) is 24.6 Å². The first-order valence-electron chi connectivity index (χ1n) is 11.8. The zero-order chi connectivity index (χ0) is 24.8. The maximum Gasteiger partial charge on any atom is 0.310 e. The number of benzene rings is 1. The fraction of sp³-hybridized carbons (Fsp3) is 0.462. The molecule has 6 nitrogen and oxygen atoms in total. The Morgan fingerprint density at radius 2 is 2.23 bits per heavy atom. The lowest BCUT2D eigenvalue weighted by atomic mass is 9.81. The van der Waals surface area contributed by atoms with Crippen molar-refractivity contribution in [2.75, 3.05) is 39.6 Å². The Hall–Kier alpha value is -1.84. The second-order valence-electron chi connectivity index (χ2n) is 8.76. The number of esters is 1. The molecule has 1 aliphatic rings. The van der Waals surface area contributed by atoms with Crippen molar-refractivity contribution in [2.45, 2.75) is 29.6 Å². The van der Waals surface area contributed by atoms with E-state index >= 15 is 0 Å². The highest BCUT2D eigenvalue weighted by molar-refractivity contribution is 8.01. The van der Waals surface area contributed by atoms with E-state index in [9.17, 15) is 9.90 Å². The Balaban J connectivity index is 1.40. The Bertz CT molecular complexity index is 1130. The van der Waals surface area contributed by atoms with E-state index in [1.807, 2.05) is 30.0 Å². The van der Waals surface area contributed by atoms with Gasteiger partial charge in [0.15, 0.2) is 0 Å². The van der Waals surface area contributed by atoms with Crippen LogP contribution in [0.15, 0.2) is 46.1 Å². The van der Waals surface area contributed by atoms with E-state index in [2.05, 4.69) is 27.4 Å². The molecule has 1 saturated heterocycles. The fourth-order valence-corrected chi connectivity index (χ4v) is 6.95. The van der Waals surface area contributed by atoms with Gasteiger partial charge in [0.2, 0.25) is 0 Å². The summed E-state index contributed by atoms with van der Waals surface area (Å²) in [4.78, 5) is 19.4. The van der Waals surface area contributed by atoms with E-state index in [1.165, 1.54) is 11.3 Å². The average Bonchev–Trinajstić information content (AvgIpc) is 3.40. The van der Waals surface area contributed by atoms with E-state index in [0.29, 0.717) is 35.7 Å². The largest absolute Gasteiger partial charge is 0.497 e. The van der Waals surface area contributed by atoms with Gasteiger partial charge < -0.3 is 19.5 Å². The number of piperidine rings is 1. The molecule has 4 rings (SSSR count). The summed E-state index contributed by atoms with van der Waals surface area (Å²) in [6, 6.07) is 9.77. The Kier molecular flexibility index (Phi) is 9.30. The molecule has 1 aliphatic heterocycles. The number of pyridine rings is 1. The third kappa shape index (κ3) is 6.49. The van der Waals surface area contributed by atoms with Gasteiger partial charge in [-0.15, -0.1) is 23.1 Å². The molecule has 0 amide bonds. The standard InChI is InChI=1S/C26H31ClN2O4S2/c1-32-18-6-7-22-19(14-18)25(21(27)15-28-22)23(30)8-5-17-9-10-29(16-20(17)26(31)33-2)11-13-35-24-4-3-12-34-24/h3-4,6-7,12,14-15,17,20,23,30H,5,8-11,13,16H2,1-2H3/t17-,20+,23+/m1/s1. The highest BCUT2D eigenvalue weighted by atomic mass is 35.5. The minimum Gasteiger partial charge on any atom is -0.497 e. The van der Waals surface area contributed by atoms with Crippen LogP contribution in [0, 0.1) is 11.8 Å². The number of hydrogen-bond donors (Lipinski definition) is 1. The van der Waals surface area contributed by atoms with Crippen LogP contribution in [0.25, 0.3) is 10.9 Å². The highest BCUT2D eigenvalue weighted by Crippen LogP contribution is 2.37. The van der Waals surface area contributed by atoms with Gasteiger partial charge in [0.05, 0.1) is 41.0 Å². The first-order chi connectivity index (χ1) is 17.0. The van der Waals surface area contributed by atoms with Crippen molar-refractivity contribution < 1.29 is 19.4 Å². The van der Waals surface area contributed by atoms with Crippen LogP contribution in [0.5, 0.6) is 5.75 Å². The molecule has 0 unspecified atom stereocenters. The first kappa shape index (κ1) is 26.2. The minimum atomic E-state index is -0.765. The third-order valence-corrected chi connectivity index (χ3v) is 9.12. The predicted octanol–water partition coefficient (Wildman–Crippen LogP) is 5.68. The number of hydrogen-bond acceptors (Lipinski definition) is 8. The molecule has 0 bridgehead atoms. The number of halogens is 1. The van der Waals surface area contributed by atoms with Gasteiger partial charge in [-0.25, -0.2) is 0 Å². The summed E-state index contributed by atoms with van der Waals surface area (Å²) in [5, 5.41) is 14.5. The number of carbonyl (C=O) groups is 1. The van der Waals surface area contributed by atoms with Gasteiger partial charge in [-0.2, -0.15) is 0 Å². The smallest absolute Gasteiger partial charge is 0.310 e. The number of aromatic nitrogens is 1. The van der Waals surface area contributed by atoms with Crippen molar-refractivity contribution in [3.05, 3.63) is 52.5 Å². The van der Waals surface area contributed by atoms with Crippen LogP contribution in [-0.2, 0) is 9.53 Å². The fourth-order valence-electron chi connectivity index (χ4n) is 4.81. The summed E-state index contributed by atoms with van der Waals surface area (Å²) >= 11 is 10.1. The number of aliphatic hydroxyl groups is 1. The molecule has 0 spiro atoms. The van der Waals surface area contributed by atoms with Crippen molar-refractivity contribution >= 4 is 51.6 Å². The Morgan fingerprint density at radius 3 is 2.97 bits per heavy atom. The summed E-state index contributed by atoms with van der Waals surface area (Å²) in [7, 11) is 3.06. The summed E-state index contributed by atoms with van der Waals surface area (Å²) in [5.74, 6) is 1.47. The predicted molar refractivity (Wildman–Crippen MR) is 143 cm³/mol. The second kappa shape index (κ2) is 12.4. The van der Waals surface area contributed by atoms with E-state index in [4.69, 9.17) is 21.1 Å². The molecule has 1 aromatic carbocycles. The van der Waals surface area contributed by atoms with Crippen LogP contribution in [0.1, 0.15) is 30.9 Å². The Morgan fingerprint density at radius 1 is 1.37 bits per heavy atom. The molecule has 2 aromatic heterocycles. The lowest BCUT2D eigenvalue weighted by Gasteiger charge is -2.37. The third-order valence-electron chi connectivity index (χ3n) is 6.70. The van der Waals surface area contributed by atoms with Gasteiger partial charge in [0.1, 0.15) is 5.75 Å². The van der Waals surface area contributed by atoms with Crippen molar-refractivity contribution in [3.63, 3.8) is 0 Å². The number of carbonyl (C=O) groups excluding carboxylic acids is 1. The number of likely N-dealkylation sites (tertiary alicyclic amines) is 1. The average molecular weight is 535 g/mol. The molecule has 0 saturated carbocycles. The topological polar surface area (TPSA) is 71.9 Å². The molecule has 0 aliphatic carbocycles. The monoisotopic (exact) mass is 534 g/mol. The van der Waals surface area contributed by atoms with Gasteiger partial charge in [-0.05, 0) is 61.4 Å². The number of thioether (sulfide) groups is 1. The zero-order valence-electron chi connectivity index (χ0n) is 20.0. The van der Waals surface area contributed by atoms with Crippen LogP contribution in [0.3, 0.4) is 0 Å².